The average molecular weight is 539 g/mol. The fraction of sp³-hybridized carbons (Fsp3) is 0.231. The average Bonchev–Trinajstić information content (AvgIpc) is 2.91. The molecule has 0 aromatic heterocycles. The molecule has 1 aliphatic heterocycles. The molecule has 0 bridgehead atoms. The van der Waals surface area contributed by atoms with Gasteiger partial charge in [0.2, 0.25) is 0 Å². The third kappa shape index (κ3) is 6.77. The minimum Gasteiger partial charge on any atom is -0.466 e. The number of esters is 2. The number of amides is 2. The van der Waals surface area contributed by atoms with Gasteiger partial charge in [-0.15, -0.1) is 0 Å². The topological polar surface area (TPSA) is 189 Å². The molecule has 1 aliphatic rings. The predicted octanol–water partition coefficient (Wildman–Crippen LogP) is 2.46. The van der Waals surface area contributed by atoms with Gasteiger partial charge in [-0.05, 0) is 25.0 Å². The molecule has 1 heterocycles. The highest BCUT2D eigenvalue weighted by Crippen LogP contribution is 2.40. The molecule has 0 saturated heterocycles. The number of primary amides is 1. The number of carbonyl (C=O) groups is 4. The number of carbonyl (C=O) groups excluding carboxylic acids is 4. The van der Waals surface area contributed by atoms with Crippen LogP contribution in [0.3, 0.4) is 0 Å². The highest BCUT2D eigenvalue weighted by atomic mass is 16.6. The van der Waals surface area contributed by atoms with Gasteiger partial charge in [-0.25, -0.2) is 14.4 Å². The second kappa shape index (κ2) is 12.4. The molecule has 4 N–H and O–H groups in total. The predicted molar refractivity (Wildman–Crippen MR) is 135 cm³/mol. The van der Waals surface area contributed by atoms with Gasteiger partial charge >= 0.3 is 18.0 Å². The van der Waals surface area contributed by atoms with Gasteiger partial charge in [-0.3, -0.25) is 14.9 Å². The van der Waals surface area contributed by atoms with Crippen LogP contribution in [0.2, 0.25) is 0 Å². The molecule has 13 nitrogen and oxygen atoms in total. The van der Waals surface area contributed by atoms with Crippen LogP contribution in [0.1, 0.15) is 36.9 Å². The standard InChI is InChI=1S/C26H26N4O9/c1-14-20(24(32)37-3)21(17-10-7-11-18(12-17)30(35)36)23(15(2)28-14)39-26(34)29-22(16-8-5-4-6-9-16)25(33)38-13-19(27)31/h4-12,21-22,28H,13H2,1-3H3,(H2,27,31)(H,29,34). The third-order valence-corrected chi connectivity index (χ3v) is 5.71. The van der Waals surface area contributed by atoms with Gasteiger partial charge in [0, 0.05) is 17.8 Å². The molecule has 0 spiro atoms. The largest absolute Gasteiger partial charge is 0.466 e. The number of nitro benzene ring substituents is 1. The van der Waals surface area contributed by atoms with Crippen LogP contribution in [0.5, 0.6) is 0 Å². The lowest BCUT2D eigenvalue weighted by Gasteiger charge is -2.30. The van der Waals surface area contributed by atoms with Crippen LogP contribution in [-0.2, 0) is 28.6 Å². The molecule has 2 amide bonds. The maximum Gasteiger partial charge on any atom is 0.413 e. The lowest BCUT2D eigenvalue weighted by molar-refractivity contribution is -0.384. The lowest BCUT2D eigenvalue weighted by atomic mass is 9.85. The summed E-state index contributed by atoms with van der Waals surface area (Å²) >= 11 is 0. The van der Waals surface area contributed by atoms with Crippen molar-refractivity contribution in [3.05, 3.63) is 98.6 Å². The molecule has 0 saturated carbocycles. The number of non-ortho nitro benzene ring substituents is 1. The first-order chi connectivity index (χ1) is 18.5. The van der Waals surface area contributed by atoms with Crippen molar-refractivity contribution >= 4 is 29.6 Å². The molecule has 0 radical (unpaired) electrons. The highest BCUT2D eigenvalue weighted by molar-refractivity contribution is 5.93. The van der Waals surface area contributed by atoms with Gasteiger partial charge in [-0.1, -0.05) is 42.5 Å². The Morgan fingerprint density at radius 2 is 1.77 bits per heavy atom. The molecule has 2 unspecified atom stereocenters. The first-order valence-electron chi connectivity index (χ1n) is 11.5. The second-order valence-corrected chi connectivity index (χ2v) is 8.38. The molecule has 0 aliphatic carbocycles. The first kappa shape index (κ1) is 28.4. The number of hydrogen-bond donors (Lipinski definition) is 3. The lowest BCUT2D eigenvalue weighted by Crippen LogP contribution is -2.38. The van der Waals surface area contributed by atoms with Crippen LogP contribution in [-0.4, -0.2) is 42.6 Å². The van der Waals surface area contributed by atoms with Crippen LogP contribution >= 0.6 is 0 Å². The number of allylic oxidation sites excluding steroid dienone is 3. The number of hydrogen-bond acceptors (Lipinski definition) is 10. The Hall–Kier alpha value is -5.20. The van der Waals surface area contributed by atoms with E-state index in [0.29, 0.717) is 17.0 Å². The zero-order valence-corrected chi connectivity index (χ0v) is 21.3. The number of rotatable bonds is 9. The van der Waals surface area contributed by atoms with E-state index >= 15 is 0 Å². The Bertz CT molecular complexity index is 1370. The van der Waals surface area contributed by atoms with Gasteiger partial charge in [0.05, 0.1) is 29.2 Å². The van der Waals surface area contributed by atoms with Crippen molar-refractivity contribution in [2.24, 2.45) is 5.73 Å². The van der Waals surface area contributed by atoms with E-state index in [2.05, 4.69) is 10.6 Å². The van der Waals surface area contributed by atoms with Gasteiger partial charge in [0.25, 0.3) is 11.6 Å². The Labute approximate surface area is 222 Å². The molecular formula is C26H26N4O9. The van der Waals surface area contributed by atoms with Crippen molar-refractivity contribution in [3.63, 3.8) is 0 Å². The summed E-state index contributed by atoms with van der Waals surface area (Å²) in [5.41, 5.74) is 6.21. The number of alkyl carbamates (subject to hydrolysis) is 1. The minimum atomic E-state index is -1.37. The van der Waals surface area contributed by atoms with Crippen LogP contribution in [0, 0.1) is 10.1 Å². The van der Waals surface area contributed by atoms with Crippen LogP contribution < -0.4 is 16.4 Å². The summed E-state index contributed by atoms with van der Waals surface area (Å²) in [6, 6.07) is 12.2. The van der Waals surface area contributed by atoms with E-state index in [1.54, 1.807) is 50.2 Å². The van der Waals surface area contributed by atoms with Crippen molar-refractivity contribution in [2.75, 3.05) is 13.7 Å². The van der Waals surface area contributed by atoms with Crippen molar-refractivity contribution in [2.45, 2.75) is 25.8 Å². The molecule has 2 aromatic rings. The van der Waals surface area contributed by atoms with Crippen LogP contribution in [0.4, 0.5) is 10.5 Å². The number of nitrogens with zero attached hydrogens (tertiary/aromatic N) is 1. The molecule has 3 rings (SSSR count). The summed E-state index contributed by atoms with van der Waals surface area (Å²) < 4.78 is 15.5. The molecular weight excluding hydrogens is 512 g/mol. The smallest absolute Gasteiger partial charge is 0.413 e. The van der Waals surface area contributed by atoms with E-state index in [0.717, 1.165) is 0 Å². The summed E-state index contributed by atoms with van der Waals surface area (Å²) in [6.07, 6.45) is -1.10. The number of ether oxygens (including phenoxy) is 3. The number of nitrogens with two attached hydrogens (primary N) is 1. The molecule has 2 atom stereocenters. The maximum atomic E-state index is 13.1. The summed E-state index contributed by atoms with van der Waals surface area (Å²) in [6.45, 7) is 2.49. The number of nitrogens with one attached hydrogen (secondary N) is 2. The number of dihydropyridines is 1. The van der Waals surface area contributed by atoms with Gasteiger partial charge < -0.3 is 30.6 Å². The summed E-state index contributed by atoms with van der Waals surface area (Å²) in [5, 5.41) is 16.8. The summed E-state index contributed by atoms with van der Waals surface area (Å²) in [5.74, 6) is -3.73. The monoisotopic (exact) mass is 538 g/mol. The van der Waals surface area contributed by atoms with E-state index in [-0.39, 0.29) is 22.6 Å². The van der Waals surface area contributed by atoms with Gasteiger partial charge in [-0.2, -0.15) is 0 Å². The fourth-order valence-corrected chi connectivity index (χ4v) is 4.02. The Balaban J connectivity index is 1.98. The van der Waals surface area contributed by atoms with E-state index in [1.807, 2.05) is 0 Å². The number of nitro groups is 1. The minimum absolute atomic E-state index is 0.0590. The van der Waals surface area contributed by atoms with Crippen molar-refractivity contribution in [1.82, 2.24) is 10.6 Å². The number of methoxy groups -OCH3 is 1. The van der Waals surface area contributed by atoms with Crippen LogP contribution in [0.15, 0.2) is 77.3 Å². The molecule has 204 valence electrons. The second-order valence-electron chi connectivity index (χ2n) is 8.38. The number of benzene rings is 2. The Kier molecular flexibility index (Phi) is 8.99. The van der Waals surface area contributed by atoms with Gasteiger partial charge in [0.1, 0.15) is 5.76 Å². The fourth-order valence-electron chi connectivity index (χ4n) is 4.02. The summed E-state index contributed by atoms with van der Waals surface area (Å²) in [7, 11) is 1.17. The first-order valence-corrected chi connectivity index (χ1v) is 11.5. The highest BCUT2D eigenvalue weighted by Gasteiger charge is 2.37. The van der Waals surface area contributed by atoms with E-state index in [1.165, 1.54) is 25.3 Å². The Morgan fingerprint density at radius 1 is 1.08 bits per heavy atom. The molecule has 13 heteroatoms. The normalized spacial score (nSPS) is 15.5. The third-order valence-electron chi connectivity index (χ3n) is 5.71. The zero-order chi connectivity index (χ0) is 28.7. The van der Waals surface area contributed by atoms with Crippen molar-refractivity contribution in [3.8, 4) is 0 Å². The molecule has 0 fully saturated rings. The summed E-state index contributed by atoms with van der Waals surface area (Å²) in [4.78, 5) is 60.5. The quantitative estimate of drug-likeness (QED) is 0.185. The molecule has 39 heavy (non-hydrogen) atoms. The van der Waals surface area contributed by atoms with Crippen molar-refractivity contribution < 1.29 is 38.3 Å². The molecule has 2 aromatic carbocycles. The zero-order valence-electron chi connectivity index (χ0n) is 21.3. The van der Waals surface area contributed by atoms with E-state index in [9.17, 15) is 29.3 Å². The van der Waals surface area contributed by atoms with E-state index in [4.69, 9.17) is 19.9 Å². The SMILES string of the molecule is COC(=O)C1=C(C)NC(C)=C(OC(=O)NC(C(=O)OCC(N)=O)c2ccccc2)C1c1cccc([N+](=O)[O-])c1. The Morgan fingerprint density at radius 3 is 2.38 bits per heavy atom. The maximum absolute atomic E-state index is 13.1. The van der Waals surface area contributed by atoms with Gasteiger partial charge in [0.15, 0.2) is 12.6 Å². The van der Waals surface area contributed by atoms with Crippen molar-refractivity contribution in [1.29, 1.82) is 0 Å². The van der Waals surface area contributed by atoms with Crippen LogP contribution in [0.25, 0.3) is 0 Å². The van der Waals surface area contributed by atoms with E-state index < -0.39 is 47.4 Å².